The Bertz CT molecular complexity index is 1270. The van der Waals surface area contributed by atoms with Crippen LogP contribution in [0.15, 0.2) is 41.0 Å². The predicted octanol–water partition coefficient (Wildman–Crippen LogP) is 4.39. The first-order chi connectivity index (χ1) is 15.2. The van der Waals surface area contributed by atoms with E-state index in [1.807, 2.05) is 31.2 Å². The first-order valence-electron chi connectivity index (χ1n) is 9.60. The lowest BCUT2D eigenvalue weighted by Gasteiger charge is -2.10. The summed E-state index contributed by atoms with van der Waals surface area (Å²) in [5.41, 5.74) is 2.33. The summed E-state index contributed by atoms with van der Waals surface area (Å²) in [6.45, 7) is 5.24. The van der Waals surface area contributed by atoms with E-state index in [0.29, 0.717) is 5.56 Å². The molecule has 0 spiro atoms. The number of halogens is 1. The number of ether oxygens (including phenoxy) is 1. The van der Waals surface area contributed by atoms with Crippen molar-refractivity contribution in [3.8, 4) is 11.1 Å². The number of hydrogen-bond acceptors (Lipinski definition) is 8. The van der Waals surface area contributed by atoms with Crippen molar-refractivity contribution in [1.82, 2.24) is 9.97 Å². The Morgan fingerprint density at radius 1 is 1.19 bits per heavy atom. The molecule has 0 aliphatic heterocycles. The van der Waals surface area contributed by atoms with Crippen LogP contribution < -0.4 is 5.32 Å². The minimum atomic E-state index is -3.74. The molecule has 1 N–H and O–H groups in total. The van der Waals surface area contributed by atoms with Gasteiger partial charge < -0.3 is 10.1 Å². The third-order valence-corrected chi connectivity index (χ3v) is 7.14. The third-order valence-electron chi connectivity index (χ3n) is 4.46. The highest BCUT2D eigenvalue weighted by molar-refractivity contribution is 7.91. The number of amides is 1. The summed E-state index contributed by atoms with van der Waals surface area (Å²) in [4.78, 5) is 33.1. The van der Waals surface area contributed by atoms with Crippen LogP contribution in [0.1, 0.15) is 40.3 Å². The number of anilines is 1. The van der Waals surface area contributed by atoms with E-state index in [0.717, 1.165) is 28.7 Å². The lowest BCUT2D eigenvalue weighted by Crippen LogP contribution is -2.19. The van der Waals surface area contributed by atoms with Crippen LogP contribution in [-0.4, -0.2) is 42.6 Å². The number of carbonyl (C=O) groups is 2. The first-order valence-corrected chi connectivity index (χ1v) is 12.5. The molecule has 0 saturated heterocycles. The predicted molar refractivity (Wildman–Crippen MR) is 123 cm³/mol. The summed E-state index contributed by atoms with van der Waals surface area (Å²) in [5, 5.41) is 3.97. The monoisotopic (exact) mass is 493 g/mol. The highest BCUT2D eigenvalue weighted by Gasteiger charge is 2.26. The van der Waals surface area contributed by atoms with Crippen molar-refractivity contribution in [2.24, 2.45) is 0 Å². The van der Waals surface area contributed by atoms with Crippen molar-refractivity contribution >= 4 is 49.7 Å². The number of hydrogen-bond donors (Lipinski definition) is 1. The van der Waals surface area contributed by atoms with Crippen LogP contribution in [-0.2, 0) is 14.6 Å². The molecule has 0 aliphatic rings. The van der Waals surface area contributed by atoms with Crippen molar-refractivity contribution in [3.63, 3.8) is 0 Å². The van der Waals surface area contributed by atoms with Crippen molar-refractivity contribution in [1.29, 1.82) is 0 Å². The lowest BCUT2D eigenvalue weighted by molar-refractivity contribution is 0.0529. The van der Waals surface area contributed by atoms with Crippen molar-refractivity contribution in [2.75, 3.05) is 17.7 Å². The molecule has 0 unspecified atom stereocenters. The summed E-state index contributed by atoms with van der Waals surface area (Å²) in [6, 6.07) is 7.57. The molecule has 11 heteroatoms. The smallest absolute Gasteiger partial charge is 0.341 e. The molecule has 0 aliphatic carbocycles. The fourth-order valence-electron chi connectivity index (χ4n) is 2.75. The van der Waals surface area contributed by atoms with Gasteiger partial charge in [-0.25, -0.2) is 23.2 Å². The van der Waals surface area contributed by atoms with Gasteiger partial charge in [-0.15, -0.1) is 11.3 Å². The molecule has 0 atom stereocenters. The SMILES string of the molecule is CCOC(=O)c1c(-c2ccc(C)cc2)csc1NC(=O)c1nc(S(=O)(=O)CC)ncc1Cl. The van der Waals surface area contributed by atoms with E-state index in [9.17, 15) is 18.0 Å². The zero-order valence-electron chi connectivity index (χ0n) is 17.5. The van der Waals surface area contributed by atoms with Gasteiger partial charge in [-0.1, -0.05) is 48.4 Å². The molecule has 2 heterocycles. The maximum absolute atomic E-state index is 12.9. The van der Waals surface area contributed by atoms with Crippen LogP contribution in [0.3, 0.4) is 0 Å². The number of aromatic nitrogens is 2. The van der Waals surface area contributed by atoms with Crippen LogP contribution >= 0.6 is 22.9 Å². The minimum Gasteiger partial charge on any atom is -0.462 e. The quantitative estimate of drug-likeness (QED) is 0.383. The summed E-state index contributed by atoms with van der Waals surface area (Å²) in [6.07, 6.45) is 1.06. The molecule has 32 heavy (non-hydrogen) atoms. The van der Waals surface area contributed by atoms with Gasteiger partial charge >= 0.3 is 5.97 Å². The number of thiophene rings is 1. The molecule has 3 rings (SSSR count). The van der Waals surface area contributed by atoms with E-state index in [2.05, 4.69) is 15.3 Å². The Hall–Kier alpha value is -2.82. The Balaban J connectivity index is 2.02. The number of benzene rings is 1. The number of carbonyl (C=O) groups excluding carboxylic acids is 2. The number of aryl methyl sites for hydroxylation is 1. The van der Waals surface area contributed by atoms with Crippen molar-refractivity contribution in [2.45, 2.75) is 25.9 Å². The molecule has 1 aromatic carbocycles. The van der Waals surface area contributed by atoms with Gasteiger partial charge in [0.15, 0.2) is 5.69 Å². The first kappa shape index (κ1) is 23.8. The molecule has 3 aromatic rings. The highest BCUT2D eigenvalue weighted by atomic mass is 35.5. The molecule has 8 nitrogen and oxygen atoms in total. The van der Waals surface area contributed by atoms with Crippen LogP contribution in [0.4, 0.5) is 5.00 Å². The van der Waals surface area contributed by atoms with Gasteiger partial charge in [-0.05, 0) is 19.4 Å². The van der Waals surface area contributed by atoms with Crippen molar-refractivity contribution < 1.29 is 22.7 Å². The maximum atomic E-state index is 12.9. The van der Waals surface area contributed by atoms with E-state index in [1.165, 1.54) is 6.92 Å². The largest absolute Gasteiger partial charge is 0.462 e. The van der Waals surface area contributed by atoms with Gasteiger partial charge in [-0.2, -0.15) is 0 Å². The third kappa shape index (κ3) is 4.98. The highest BCUT2D eigenvalue weighted by Crippen LogP contribution is 2.36. The van der Waals surface area contributed by atoms with Gasteiger partial charge in [0.25, 0.3) is 5.91 Å². The summed E-state index contributed by atoms with van der Waals surface area (Å²) >= 11 is 7.18. The number of esters is 1. The number of nitrogens with zero attached hydrogens (tertiary/aromatic N) is 2. The fourth-order valence-corrected chi connectivity index (χ4v) is 4.58. The fraction of sp³-hybridized carbons (Fsp3) is 0.238. The van der Waals surface area contributed by atoms with E-state index in [1.54, 1.807) is 12.3 Å². The molecule has 0 radical (unpaired) electrons. The standard InChI is InChI=1S/C21H20ClN3O5S2/c1-4-30-20(27)16-14(13-8-6-12(3)7-9-13)11-31-19(16)25-18(26)17-15(22)10-23-21(24-17)32(28,29)5-2/h6-11H,4-5H2,1-3H3,(H,25,26). The van der Waals surface area contributed by atoms with Gasteiger partial charge in [-0.3, -0.25) is 4.79 Å². The van der Waals surface area contributed by atoms with E-state index < -0.39 is 26.9 Å². The number of nitrogens with one attached hydrogen (secondary N) is 1. The van der Waals surface area contributed by atoms with Crippen molar-refractivity contribution in [3.05, 3.63) is 57.7 Å². The summed E-state index contributed by atoms with van der Waals surface area (Å²) in [5.74, 6) is -1.59. The molecule has 1 amide bonds. The Labute approximate surface area is 194 Å². The van der Waals surface area contributed by atoms with E-state index in [4.69, 9.17) is 16.3 Å². The van der Waals surface area contributed by atoms with Crippen LogP contribution in [0, 0.1) is 6.92 Å². The number of rotatable bonds is 7. The Morgan fingerprint density at radius 2 is 1.88 bits per heavy atom. The second-order valence-electron chi connectivity index (χ2n) is 6.65. The van der Waals surface area contributed by atoms with Crippen LogP contribution in [0.25, 0.3) is 11.1 Å². The second-order valence-corrected chi connectivity index (χ2v) is 10.1. The molecule has 168 valence electrons. The van der Waals surface area contributed by atoms with E-state index in [-0.39, 0.29) is 33.6 Å². The lowest BCUT2D eigenvalue weighted by atomic mass is 10.0. The van der Waals surface area contributed by atoms with Crippen LogP contribution in [0.5, 0.6) is 0 Å². The summed E-state index contributed by atoms with van der Waals surface area (Å²) < 4.78 is 29.4. The Morgan fingerprint density at radius 3 is 2.50 bits per heavy atom. The molecular formula is C21H20ClN3O5S2. The average molecular weight is 494 g/mol. The van der Waals surface area contributed by atoms with Crippen LogP contribution in [0.2, 0.25) is 5.02 Å². The second kappa shape index (κ2) is 9.76. The minimum absolute atomic E-state index is 0.120. The topological polar surface area (TPSA) is 115 Å². The molecule has 0 saturated carbocycles. The normalized spacial score (nSPS) is 11.2. The van der Waals surface area contributed by atoms with E-state index >= 15 is 0 Å². The Kier molecular flexibility index (Phi) is 7.27. The molecule has 2 aromatic heterocycles. The maximum Gasteiger partial charge on any atom is 0.341 e. The van der Waals surface area contributed by atoms with Gasteiger partial charge in [0.1, 0.15) is 10.6 Å². The molecule has 0 bridgehead atoms. The summed E-state index contributed by atoms with van der Waals surface area (Å²) in [7, 11) is -3.74. The van der Waals surface area contributed by atoms with Gasteiger partial charge in [0, 0.05) is 10.9 Å². The average Bonchev–Trinajstić information content (AvgIpc) is 3.18. The number of sulfone groups is 1. The van der Waals surface area contributed by atoms with Gasteiger partial charge in [0.05, 0.1) is 23.6 Å². The molecular weight excluding hydrogens is 474 g/mol. The zero-order valence-corrected chi connectivity index (χ0v) is 19.9. The zero-order chi connectivity index (χ0) is 23.5. The molecule has 0 fully saturated rings. The van der Waals surface area contributed by atoms with Gasteiger partial charge in [0.2, 0.25) is 15.0 Å².